The number of hydrogen-bond donors (Lipinski definition) is 0. The molecule has 0 spiro atoms. The summed E-state index contributed by atoms with van der Waals surface area (Å²) in [4.78, 5) is 17.7. The fourth-order valence-electron chi connectivity index (χ4n) is 2.93. The van der Waals surface area contributed by atoms with Crippen molar-refractivity contribution in [1.29, 1.82) is 0 Å². The highest BCUT2D eigenvalue weighted by Gasteiger charge is 2.30. The zero-order valence-corrected chi connectivity index (χ0v) is 13.1. The van der Waals surface area contributed by atoms with Crippen LogP contribution in [-0.2, 0) is 11.3 Å². The van der Waals surface area contributed by atoms with Gasteiger partial charge < -0.3 is 9.47 Å². The number of nitrogens with zero attached hydrogens (tertiary/aromatic N) is 3. The highest BCUT2D eigenvalue weighted by atomic mass is 19.1. The molecular weight excluding hydrogens is 331 g/mol. The van der Waals surface area contributed by atoms with Crippen molar-refractivity contribution in [1.82, 2.24) is 14.5 Å². The lowest BCUT2D eigenvalue weighted by Crippen LogP contribution is -2.52. The van der Waals surface area contributed by atoms with Crippen LogP contribution in [0.5, 0.6) is 0 Å². The van der Waals surface area contributed by atoms with E-state index in [1.54, 1.807) is 18.2 Å². The Morgan fingerprint density at radius 2 is 1.88 bits per heavy atom. The van der Waals surface area contributed by atoms with Gasteiger partial charge in [0.05, 0.1) is 18.6 Å². The molecule has 0 saturated carbocycles. The summed E-state index contributed by atoms with van der Waals surface area (Å²) in [7, 11) is 0. The molecule has 1 aromatic carbocycles. The van der Waals surface area contributed by atoms with Gasteiger partial charge in [0.2, 0.25) is 5.91 Å². The number of alkyl halides is 1. The summed E-state index contributed by atoms with van der Waals surface area (Å²) < 4.78 is 41.5. The number of hydrogen-bond acceptors (Lipinski definition) is 2. The molecule has 0 bridgehead atoms. The Morgan fingerprint density at radius 1 is 1.16 bits per heavy atom. The maximum Gasteiger partial charge on any atom is 0.242 e. The minimum atomic E-state index is -0.978. The lowest BCUT2D eigenvalue weighted by Gasteiger charge is -2.34. The number of pyridine rings is 1. The molecule has 0 radical (unpaired) electrons. The lowest BCUT2D eigenvalue weighted by atomic mass is 10.1. The summed E-state index contributed by atoms with van der Waals surface area (Å²) in [5.41, 5.74) is 2.04. The molecule has 2 aromatic heterocycles. The molecule has 0 aliphatic carbocycles. The molecule has 1 aliphatic rings. The quantitative estimate of drug-likeness (QED) is 0.731. The van der Waals surface area contributed by atoms with Crippen LogP contribution in [0.25, 0.3) is 22.2 Å². The Hall–Kier alpha value is -2.83. The van der Waals surface area contributed by atoms with Gasteiger partial charge in [-0.1, -0.05) is 12.1 Å². The normalized spacial score (nSPS) is 14.8. The van der Waals surface area contributed by atoms with Crippen molar-refractivity contribution in [3.63, 3.8) is 0 Å². The molecule has 1 aliphatic heterocycles. The van der Waals surface area contributed by atoms with Gasteiger partial charge in [-0.25, -0.2) is 13.2 Å². The summed E-state index contributed by atoms with van der Waals surface area (Å²) in [6.45, 7) is 0.0842. The molecule has 0 N–H and O–H groups in total. The summed E-state index contributed by atoms with van der Waals surface area (Å²) >= 11 is 0. The van der Waals surface area contributed by atoms with Gasteiger partial charge in [0.1, 0.15) is 24.1 Å². The first-order chi connectivity index (χ1) is 12.0. The molecule has 0 unspecified atom stereocenters. The van der Waals surface area contributed by atoms with Crippen molar-refractivity contribution in [3.05, 3.63) is 54.4 Å². The van der Waals surface area contributed by atoms with E-state index in [2.05, 4.69) is 4.98 Å². The van der Waals surface area contributed by atoms with Crippen LogP contribution in [0.2, 0.25) is 0 Å². The molecule has 3 aromatic rings. The second-order valence-corrected chi connectivity index (χ2v) is 6.10. The van der Waals surface area contributed by atoms with Crippen LogP contribution in [0.1, 0.15) is 0 Å². The minimum Gasteiger partial charge on any atom is -0.335 e. The topological polar surface area (TPSA) is 38.1 Å². The average Bonchev–Trinajstić information content (AvgIpc) is 2.88. The van der Waals surface area contributed by atoms with Crippen LogP contribution in [0, 0.1) is 11.6 Å². The fraction of sp³-hybridized carbons (Fsp3) is 0.222. The molecule has 25 heavy (non-hydrogen) atoms. The Labute approximate surface area is 141 Å². The van der Waals surface area contributed by atoms with Crippen molar-refractivity contribution >= 4 is 16.9 Å². The van der Waals surface area contributed by atoms with Gasteiger partial charge in [-0.2, -0.15) is 0 Å². The van der Waals surface area contributed by atoms with Gasteiger partial charge in [-0.15, -0.1) is 0 Å². The Balaban J connectivity index is 1.68. The molecule has 4 nitrogen and oxygen atoms in total. The third-order valence-electron chi connectivity index (χ3n) is 4.35. The molecule has 128 valence electrons. The second kappa shape index (κ2) is 5.91. The summed E-state index contributed by atoms with van der Waals surface area (Å²) in [6.07, 6.45) is 1.75. The van der Waals surface area contributed by atoms with Gasteiger partial charge in [-0.3, -0.25) is 9.78 Å². The zero-order chi connectivity index (χ0) is 17.6. The Kier molecular flexibility index (Phi) is 3.71. The number of carbonyl (C=O) groups excluding carboxylic acids is 1. The van der Waals surface area contributed by atoms with E-state index in [9.17, 15) is 18.0 Å². The molecule has 3 heterocycles. The van der Waals surface area contributed by atoms with E-state index in [1.165, 1.54) is 34.0 Å². The van der Waals surface area contributed by atoms with E-state index in [0.29, 0.717) is 11.1 Å². The van der Waals surface area contributed by atoms with Crippen LogP contribution in [0.15, 0.2) is 42.7 Å². The maximum absolute atomic E-state index is 14.1. The third-order valence-corrected chi connectivity index (χ3v) is 4.35. The van der Waals surface area contributed by atoms with Crippen LogP contribution < -0.4 is 0 Å². The van der Waals surface area contributed by atoms with Crippen molar-refractivity contribution in [2.75, 3.05) is 13.1 Å². The fourth-order valence-corrected chi connectivity index (χ4v) is 2.93. The average molecular weight is 345 g/mol. The number of rotatable bonds is 3. The Bertz CT molecular complexity index is 946. The van der Waals surface area contributed by atoms with E-state index in [4.69, 9.17) is 0 Å². The molecular formula is C18H14F3N3O. The summed E-state index contributed by atoms with van der Waals surface area (Å²) in [5, 5.41) is 0. The van der Waals surface area contributed by atoms with E-state index in [0.717, 1.165) is 5.56 Å². The summed E-state index contributed by atoms with van der Waals surface area (Å²) in [5.74, 6) is -1.14. The second-order valence-electron chi connectivity index (χ2n) is 6.10. The molecule has 0 atom stereocenters. The molecule has 1 fully saturated rings. The van der Waals surface area contributed by atoms with Crippen molar-refractivity contribution in [3.8, 4) is 11.1 Å². The number of fused-ring (bicyclic) bond motifs is 1. The van der Waals surface area contributed by atoms with Gasteiger partial charge >= 0.3 is 0 Å². The van der Waals surface area contributed by atoms with E-state index in [1.807, 2.05) is 0 Å². The van der Waals surface area contributed by atoms with Gasteiger partial charge in [0, 0.05) is 18.0 Å². The van der Waals surface area contributed by atoms with Gasteiger partial charge in [0.15, 0.2) is 5.82 Å². The number of carbonyl (C=O) groups is 1. The van der Waals surface area contributed by atoms with Crippen LogP contribution >= 0.6 is 0 Å². The smallest absolute Gasteiger partial charge is 0.242 e. The van der Waals surface area contributed by atoms with Crippen LogP contribution in [-0.4, -0.2) is 39.6 Å². The van der Waals surface area contributed by atoms with Crippen molar-refractivity contribution in [2.24, 2.45) is 0 Å². The monoisotopic (exact) mass is 345 g/mol. The zero-order valence-electron chi connectivity index (χ0n) is 13.1. The predicted octanol–water partition coefficient (Wildman–Crippen LogP) is 3.16. The number of halogens is 3. The summed E-state index contributed by atoms with van der Waals surface area (Å²) in [6, 6.07) is 7.59. The molecule has 1 saturated heterocycles. The highest BCUT2D eigenvalue weighted by molar-refractivity contribution is 5.84. The van der Waals surface area contributed by atoms with Gasteiger partial charge in [0.25, 0.3) is 0 Å². The van der Waals surface area contributed by atoms with Gasteiger partial charge in [-0.05, 0) is 23.8 Å². The molecule has 7 heteroatoms. The standard InChI is InChI=1S/C18H14F3N3O/c19-13-3-1-11(2-4-13)12-5-16-18(22-6-12)15(21)9-23(16)10-17(25)24-7-14(20)8-24/h1-6,9,14H,7-8,10H2. The number of amides is 1. The van der Waals surface area contributed by atoms with Crippen LogP contribution in [0.3, 0.4) is 0 Å². The van der Waals surface area contributed by atoms with E-state index in [-0.39, 0.29) is 36.9 Å². The highest BCUT2D eigenvalue weighted by Crippen LogP contribution is 2.26. The first-order valence-corrected chi connectivity index (χ1v) is 7.83. The minimum absolute atomic E-state index is 0.0817. The van der Waals surface area contributed by atoms with Crippen molar-refractivity contribution < 1.29 is 18.0 Å². The molecule has 1 amide bonds. The number of likely N-dealkylation sites (tertiary alicyclic amines) is 1. The largest absolute Gasteiger partial charge is 0.335 e. The third kappa shape index (κ3) is 2.86. The first kappa shape index (κ1) is 15.7. The maximum atomic E-state index is 14.1. The lowest BCUT2D eigenvalue weighted by molar-refractivity contribution is -0.138. The predicted molar refractivity (Wildman–Crippen MR) is 86.6 cm³/mol. The molecule has 4 rings (SSSR count). The SMILES string of the molecule is O=C(Cn1cc(F)c2ncc(-c3ccc(F)cc3)cc21)N1CC(F)C1. The van der Waals surface area contributed by atoms with Crippen molar-refractivity contribution in [2.45, 2.75) is 12.7 Å². The first-order valence-electron chi connectivity index (χ1n) is 7.83. The Morgan fingerprint density at radius 3 is 2.56 bits per heavy atom. The number of aromatic nitrogens is 2. The number of benzene rings is 1. The van der Waals surface area contributed by atoms with Crippen LogP contribution in [0.4, 0.5) is 13.2 Å². The van der Waals surface area contributed by atoms with E-state index >= 15 is 0 Å². The van der Waals surface area contributed by atoms with E-state index < -0.39 is 12.0 Å².